The smallest absolute Gasteiger partial charge is 0.182 e. The Hall–Kier alpha value is -2.24. The predicted molar refractivity (Wildman–Crippen MR) is 111 cm³/mol. The molecule has 0 spiro atoms. The highest BCUT2D eigenvalue weighted by Crippen LogP contribution is 2.25. The molecule has 0 bridgehead atoms. The van der Waals surface area contributed by atoms with Gasteiger partial charge < -0.3 is 10.2 Å². The van der Waals surface area contributed by atoms with E-state index in [1.807, 2.05) is 13.0 Å². The summed E-state index contributed by atoms with van der Waals surface area (Å²) < 4.78 is 0. The van der Waals surface area contributed by atoms with Gasteiger partial charge in [0.15, 0.2) is 5.65 Å². The first-order chi connectivity index (χ1) is 13.2. The van der Waals surface area contributed by atoms with E-state index in [4.69, 9.17) is 11.6 Å². The van der Waals surface area contributed by atoms with Crippen molar-refractivity contribution >= 4 is 34.1 Å². The van der Waals surface area contributed by atoms with Gasteiger partial charge in [0.1, 0.15) is 10.7 Å². The molecule has 2 aromatic heterocycles. The highest BCUT2D eigenvalue weighted by molar-refractivity contribution is 6.29. The molecule has 1 aliphatic rings. The van der Waals surface area contributed by atoms with Crippen molar-refractivity contribution in [3.05, 3.63) is 52.9 Å². The van der Waals surface area contributed by atoms with E-state index in [0.29, 0.717) is 10.8 Å². The third kappa shape index (κ3) is 4.54. The summed E-state index contributed by atoms with van der Waals surface area (Å²) in [6.45, 7) is 5.55. The topological polar surface area (TPSA) is 53.9 Å². The minimum Gasteiger partial charge on any atom is -0.354 e. The summed E-state index contributed by atoms with van der Waals surface area (Å²) >= 11 is 5.97. The maximum absolute atomic E-state index is 5.97. The highest BCUT2D eigenvalue weighted by atomic mass is 35.5. The largest absolute Gasteiger partial charge is 0.354 e. The van der Waals surface area contributed by atoms with Gasteiger partial charge in [0.05, 0.1) is 11.9 Å². The van der Waals surface area contributed by atoms with Crippen LogP contribution in [0.1, 0.15) is 30.5 Å². The molecule has 0 unspecified atom stereocenters. The molecule has 1 saturated heterocycles. The van der Waals surface area contributed by atoms with Crippen molar-refractivity contribution in [2.45, 2.75) is 32.6 Å². The van der Waals surface area contributed by atoms with Crippen LogP contribution in [0.4, 0.5) is 11.4 Å². The van der Waals surface area contributed by atoms with Crippen molar-refractivity contribution < 1.29 is 0 Å². The lowest BCUT2D eigenvalue weighted by Gasteiger charge is -2.26. The number of halogens is 1. The summed E-state index contributed by atoms with van der Waals surface area (Å²) in [5.74, 6) is 0. The van der Waals surface area contributed by atoms with Crippen molar-refractivity contribution in [1.82, 2.24) is 19.9 Å². The molecule has 1 aliphatic heterocycles. The Balaban J connectivity index is 1.52. The highest BCUT2D eigenvalue weighted by Gasteiger charge is 2.11. The van der Waals surface area contributed by atoms with E-state index in [1.54, 1.807) is 6.20 Å². The molecule has 27 heavy (non-hydrogen) atoms. The lowest BCUT2D eigenvalue weighted by atomic mass is 10.1. The average Bonchev–Trinajstić information content (AvgIpc) is 2.67. The number of likely N-dealkylation sites (tertiary alicyclic amines) is 1. The molecule has 0 amide bonds. The van der Waals surface area contributed by atoms with Crippen molar-refractivity contribution in [3.8, 4) is 0 Å². The number of fused-ring (bicyclic) bond motifs is 1. The second-order valence-electron chi connectivity index (χ2n) is 7.15. The molecular weight excluding hydrogens is 358 g/mol. The number of aromatic nitrogens is 3. The van der Waals surface area contributed by atoms with Gasteiger partial charge in [-0.05, 0) is 63.0 Å². The summed E-state index contributed by atoms with van der Waals surface area (Å²) in [6, 6.07) is 10.6. The number of benzene rings is 1. The van der Waals surface area contributed by atoms with Crippen molar-refractivity contribution in [2.75, 3.05) is 25.0 Å². The number of pyridine rings is 1. The molecule has 5 nitrogen and oxygen atoms in total. The summed E-state index contributed by atoms with van der Waals surface area (Å²) in [4.78, 5) is 15.7. The fourth-order valence-corrected chi connectivity index (χ4v) is 3.76. The Morgan fingerprint density at radius 3 is 2.81 bits per heavy atom. The predicted octanol–water partition coefficient (Wildman–Crippen LogP) is 4.76. The number of aryl methyl sites for hydroxylation is 1. The minimum atomic E-state index is 0.353. The zero-order valence-corrected chi connectivity index (χ0v) is 16.3. The average molecular weight is 382 g/mol. The van der Waals surface area contributed by atoms with Crippen LogP contribution < -0.4 is 5.32 Å². The Bertz CT molecular complexity index is 932. The van der Waals surface area contributed by atoms with E-state index in [1.165, 1.54) is 37.9 Å². The SMILES string of the molecule is Cc1cc(Nc2cccc(CCN3CCCCC3)c2)c2ncc(Cl)nc2n1. The summed E-state index contributed by atoms with van der Waals surface area (Å²) in [5.41, 5.74) is 5.46. The Labute approximate surface area is 164 Å². The summed E-state index contributed by atoms with van der Waals surface area (Å²) in [5, 5.41) is 3.84. The molecule has 140 valence electrons. The first-order valence-electron chi connectivity index (χ1n) is 9.55. The maximum Gasteiger partial charge on any atom is 0.182 e. The molecule has 1 N–H and O–H groups in total. The van der Waals surface area contributed by atoms with E-state index < -0.39 is 0 Å². The summed E-state index contributed by atoms with van der Waals surface area (Å²) in [7, 11) is 0. The second-order valence-corrected chi connectivity index (χ2v) is 7.54. The van der Waals surface area contributed by atoms with Crippen molar-refractivity contribution in [1.29, 1.82) is 0 Å². The van der Waals surface area contributed by atoms with E-state index in [9.17, 15) is 0 Å². The van der Waals surface area contributed by atoms with E-state index >= 15 is 0 Å². The van der Waals surface area contributed by atoms with Crippen LogP contribution in [0.5, 0.6) is 0 Å². The van der Waals surface area contributed by atoms with Crippen LogP contribution in [0.2, 0.25) is 5.15 Å². The number of nitrogens with zero attached hydrogens (tertiary/aromatic N) is 4. The van der Waals surface area contributed by atoms with E-state index in [2.05, 4.69) is 49.4 Å². The third-order valence-corrected chi connectivity index (χ3v) is 5.17. The van der Waals surface area contributed by atoms with Gasteiger partial charge in [-0.25, -0.2) is 15.0 Å². The number of anilines is 2. The molecule has 0 saturated carbocycles. The normalized spacial score (nSPS) is 15.2. The van der Waals surface area contributed by atoms with Gasteiger partial charge >= 0.3 is 0 Å². The molecule has 3 aromatic rings. The van der Waals surface area contributed by atoms with Gasteiger partial charge in [-0.15, -0.1) is 0 Å². The molecule has 0 radical (unpaired) electrons. The van der Waals surface area contributed by atoms with Crippen LogP contribution in [0.3, 0.4) is 0 Å². The third-order valence-electron chi connectivity index (χ3n) is 4.99. The second kappa shape index (κ2) is 8.19. The monoisotopic (exact) mass is 381 g/mol. The number of nitrogens with one attached hydrogen (secondary N) is 1. The van der Waals surface area contributed by atoms with Crippen LogP contribution in [-0.4, -0.2) is 39.5 Å². The number of hydrogen-bond acceptors (Lipinski definition) is 5. The molecule has 0 atom stereocenters. The van der Waals surface area contributed by atoms with Crippen LogP contribution in [0.25, 0.3) is 11.2 Å². The Morgan fingerprint density at radius 2 is 1.96 bits per heavy atom. The van der Waals surface area contributed by atoms with Crippen LogP contribution in [0.15, 0.2) is 36.5 Å². The lowest BCUT2D eigenvalue weighted by molar-refractivity contribution is 0.231. The quantitative estimate of drug-likeness (QED) is 0.690. The Morgan fingerprint density at radius 1 is 1.11 bits per heavy atom. The molecule has 4 rings (SSSR count). The molecule has 1 aromatic carbocycles. The van der Waals surface area contributed by atoms with Gasteiger partial charge in [-0.3, -0.25) is 0 Å². The minimum absolute atomic E-state index is 0.353. The van der Waals surface area contributed by atoms with Crippen LogP contribution in [-0.2, 0) is 6.42 Å². The van der Waals surface area contributed by atoms with Gasteiger partial charge in [-0.2, -0.15) is 0 Å². The van der Waals surface area contributed by atoms with Gasteiger partial charge in [0, 0.05) is 17.9 Å². The van der Waals surface area contributed by atoms with Crippen molar-refractivity contribution in [2.24, 2.45) is 0 Å². The van der Waals surface area contributed by atoms with Crippen LogP contribution in [0, 0.1) is 6.92 Å². The first kappa shape index (κ1) is 18.1. The van der Waals surface area contributed by atoms with Gasteiger partial charge in [0.2, 0.25) is 0 Å². The van der Waals surface area contributed by atoms with Crippen LogP contribution >= 0.6 is 11.6 Å². The van der Waals surface area contributed by atoms with Gasteiger partial charge in [0.25, 0.3) is 0 Å². The molecule has 0 aliphatic carbocycles. The standard InChI is InChI=1S/C21H24ClN5/c1-15-12-18(20-21(24-15)26-19(22)14-23-20)25-17-7-5-6-16(13-17)8-11-27-9-3-2-4-10-27/h5-7,12-14H,2-4,8-11H2,1H3,(H,24,25,26). The first-order valence-corrected chi connectivity index (χ1v) is 9.93. The number of hydrogen-bond donors (Lipinski definition) is 1. The summed E-state index contributed by atoms with van der Waals surface area (Å²) in [6.07, 6.45) is 6.67. The number of piperidine rings is 1. The maximum atomic E-state index is 5.97. The molecule has 6 heteroatoms. The van der Waals surface area contributed by atoms with E-state index in [0.717, 1.165) is 35.6 Å². The Kier molecular flexibility index (Phi) is 5.50. The zero-order valence-electron chi connectivity index (χ0n) is 15.6. The fourth-order valence-electron chi connectivity index (χ4n) is 3.63. The molecule has 1 fully saturated rings. The van der Waals surface area contributed by atoms with Crippen molar-refractivity contribution in [3.63, 3.8) is 0 Å². The fraction of sp³-hybridized carbons (Fsp3) is 0.381. The molecule has 3 heterocycles. The molecular formula is C21H24ClN5. The van der Waals surface area contributed by atoms with Gasteiger partial charge in [-0.1, -0.05) is 30.2 Å². The lowest BCUT2D eigenvalue weighted by Crippen LogP contribution is -2.31. The number of rotatable bonds is 5. The zero-order chi connectivity index (χ0) is 18.6. The van der Waals surface area contributed by atoms with E-state index in [-0.39, 0.29) is 0 Å².